The molecule has 5 aromatic rings. The fraction of sp³-hybridized carbons (Fsp3) is 0.364. The van der Waals surface area contributed by atoms with E-state index in [0.29, 0.717) is 12.2 Å². The molecular weight excluding hydrogens is 528 g/mol. The van der Waals surface area contributed by atoms with Gasteiger partial charge < -0.3 is 29.6 Å². The van der Waals surface area contributed by atoms with E-state index in [1.165, 1.54) is 5.69 Å². The van der Waals surface area contributed by atoms with Crippen LogP contribution in [0.3, 0.4) is 0 Å². The van der Waals surface area contributed by atoms with E-state index in [0.717, 1.165) is 71.0 Å². The number of fused-ring (bicyclic) bond motifs is 2. The Morgan fingerprint density at radius 1 is 0.857 bits per heavy atom. The van der Waals surface area contributed by atoms with E-state index in [-0.39, 0.29) is 0 Å². The van der Waals surface area contributed by atoms with E-state index in [2.05, 4.69) is 51.1 Å². The third kappa shape index (κ3) is 5.69. The van der Waals surface area contributed by atoms with Crippen LogP contribution in [0.25, 0.3) is 44.8 Å². The second-order valence-electron chi connectivity index (χ2n) is 12.6. The Balaban J connectivity index is 1.23. The number of aromatic nitrogens is 4. The minimum Gasteiger partial charge on any atom is -0.488 e. The number of carboxylic acids is 1. The minimum absolute atomic E-state index is 0.367. The molecule has 9 heteroatoms. The highest BCUT2D eigenvalue weighted by molar-refractivity contribution is 5.87. The highest BCUT2D eigenvalue weighted by Gasteiger charge is 2.36. The quantitative estimate of drug-likeness (QED) is 0.206. The zero-order chi connectivity index (χ0) is 29.6. The molecule has 3 aromatic carbocycles. The van der Waals surface area contributed by atoms with Gasteiger partial charge in [-0.05, 0) is 83.3 Å². The van der Waals surface area contributed by atoms with Crippen LogP contribution in [-0.4, -0.2) is 74.7 Å². The van der Waals surface area contributed by atoms with Crippen LogP contribution in [0, 0.1) is 5.41 Å². The molecule has 1 saturated heterocycles. The lowest BCUT2D eigenvalue weighted by Crippen LogP contribution is -2.44. The number of rotatable bonds is 8. The first-order chi connectivity index (χ1) is 20.0. The van der Waals surface area contributed by atoms with Crippen LogP contribution in [0.5, 0.6) is 5.75 Å². The number of likely N-dealkylation sites (N-methyl/N-ethyl adjacent to an activating group) is 1. The average Bonchev–Trinajstić information content (AvgIpc) is 3.56. The Bertz CT molecular complexity index is 1760. The summed E-state index contributed by atoms with van der Waals surface area (Å²) in [6.45, 7) is 11.5. The molecule has 1 aliphatic heterocycles. The Morgan fingerprint density at radius 3 is 2.14 bits per heavy atom. The number of hydrogen-bond donors (Lipinski definition) is 3. The van der Waals surface area contributed by atoms with Gasteiger partial charge in [-0.2, -0.15) is 0 Å². The van der Waals surface area contributed by atoms with Gasteiger partial charge in [-0.25, -0.2) is 9.97 Å². The summed E-state index contributed by atoms with van der Waals surface area (Å²) in [6.07, 6.45) is 0.367. The molecule has 2 aromatic heterocycles. The molecule has 1 aliphatic rings. The number of benzene rings is 3. The molecule has 3 N–H and O–H groups in total. The number of aromatic amines is 2. The van der Waals surface area contributed by atoms with Crippen molar-refractivity contribution in [3.8, 4) is 28.5 Å². The lowest BCUT2D eigenvalue weighted by atomic mass is 9.82. The highest BCUT2D eigenvalue weighted by atomic mass is 16.5. The smallest absolute Gasteiger partial charge is 0.309 e. The topological polar surface area (TPSA) is 110 Å². The molecule has 0 amide bonds. The largest absolute Gasteiger partial charge is 0.488 e. The summed E-state index contributed by atoms with van der Waals surface area (Å²) in [5.74, 6) is 1.38. The van der Waals surface area contributed by atoms with Crippen molar-refractivity contribution in [1.29, 1.82) is 0 Å². The minimum atomic E-state index is -0.899. The van der Waals surface area contributed by atoms with Crippen molar-refractivity contribution >= 4 is 33.7 Å². The van der Waals surface area contributed by atoms with Crippen LogP contribution in [-0.2, 0) is 4.79 Å². The first-order valence-corrected chi connectivity index (χ1v) is 14.4. The highest BCUT2D eigenvalue weighted by Crippen LogP contribution is 2.34. The van der Waals surface area contributed by atoms with E-state index >= 15 is 0 Å². The lowest BCUT2D eigenvalue weighted by molar-refractivity contribution is -0.149. The van der Waals surface area contributed by atoms with Crippen LogP contribution < -0.4 is 9.64 Å². The summed E-state index contributed by atoms with van der Waals surface area (Å²) in [4.78, 5) is 33.1. The molecule has 3 heterocycles. The number of nitrogens with zero attached hydrogens (tertiary/aromatic N) is 4. The van der Waals surface area contributed by atoms with Crippen molar-refractivity contribution in [1.82, 2.24) is 24.8 Å². The van der Waals surface area contributed by atoms with Crippen molar-refractivity contribution in [2.75, 3.05) is 38.1 Å². The predicted octanol–water partition coefficient (Wildman–Crippen LogP) is 6.18. The van der Waals surface area contributed by atoms with Crippen LogP contribution in [0.15, 0.2) is 60.7 Å². The molecule has 0 atom stereocenters. The maximum absolute atomic E-state index is 11.6. The van der Waals surface area contributed by atoms with Crippen molar-refractivity contribution < 1.29 is 14.6 Å². The molecule has 0 aliphatic carbocycles. The fourth-order valence-corrected chi connectivity index (χ4v) is 5.89. The summed E-state index contributed by atoms with van der Waals surface area (Å²) < 4.78 is 6.26. The van der Waals surface area contributed by atoms with Gasteiger partial charge in [-0.15, -0.1) is 0 Å². The second kappa shape index (κ2) is 10.5. The summed E-state index contributed by atoms with van der Waals surface area (Å²) in [5, 5.41) is 9.55. The molecular formula is C33H38N6O3. The fourth-order valence-electron chi connectivity index (χ4n) is 5.89. The Morgan fingerprint density at radius 2 is 1.48 bits per heavy atom. The van der Waals surface area contributed by atoms with E-state index in [1.807, 2.05) is 50.2 Å². The summed E-state index contributed by atoms with van der Waals surface area (Å²) in [5.41, 5.74) is 5.27. The number of ether oxygens (including phenoxy) is 1. The SMILES string of the molecule is CN1CCN(c2ccc3nc(-c4ccc5nc(-c6cccc(OC(C)(C)CC(C)(C)C(=O)O)c6)[nH]c5c4)[nH]c3c2)CC1. The average molecular weight is 567 g/mol. The third-order valence-electron chi connectivity index (χ3n) is 8.04. The van der Waals surface area contributed by atoms with Crippen LogP contribution in [0.4, 0.5) is 5.69 Å². The molecule has 1 fully saturated rings. The number of aliphatic carboxylic acids is 1. The van der Waals surface area contributed by atoms with Crippen molar-refractivity contribution in [2.45, 2.75) is 39.7 Å². The van der Waals surface area contributed by atoms with Gasteiger partial charge in [0, 0.05) is 49.4 Å². The molecule has 0 bridgehead atoms. The normalized spacial score (nSPS) is 15.0. The number of anilines is 1. The number of imidazole rings is 2. The van der Waals surface area contributed by atoms with Crippen LogP contribution in [0.1, 0.15) is 34.1 Å². The Kier molecular flexibility index (Phi) is 6.93. The number of hydrogen-bond acceptors (Lipinski definition) is 6. The van der Waals surface area contributed by atoms with Gasteiger partial charge in [-0.3, -0.25) is 4.79 Å². The second-order valence-corrected chi connectivity index (χ2v) is 12.6. The summed E-state index contributed by atoms with van der Waals surface area (Å²) >= 11 is 0. The standard InChI is InChI=1S/C33H38N6O3/c1-32(2,31(40)41)20-33(3,4)42-24-8-6-7-21(17-24)29-34-25-11-9-22(18-27(25)36-29)30-35-26-12-10-23(19-28(26)37-30)39-15-13-38(5)14-16-39/h6-12,17-19H,13-16,20H2,1-5H3,(H,34,36)(H,35,37)(H,40,41). The zero-order valence-corrected chi connectivity index (χ0v) is 24.9. The molecule has 0 saturated carbocycles. The lowest BCUT2D eigenvalue weighted by Gasteiger charge is -2.34. The van der Waals surface area contributed by atoms with E-state index < -0.39 is 17.0 Å². The monoisotopic (exact) mass is 566 g/mol. The molecule has 42 heavy (non-hydrogen) atoms. The zero-order valence-electron chi connectivity index (χ0n) is 24.9. The first kappa shape index (κ1) is 27.8. The van der Waals surface area contributed by atoms with Crippen LogP contribution >= 0.6 is 0 Å². The van der Waals surface area contributed by atoms with Crippen molar-refractivity contribution in [3.05, 3.63) is 60.7 Å². The van der Waals surface area contributed by atoms with Crippen molar-refractivity contribution in [3.63, 3.8) is 0 Å². The van der Waals surface area contributed by atoms with E-state index in [4.69, 9.17) is 14.7 Å². The maximum Gasteiger partial charge on any atom is 0.309 e. The maximum atomic E-state index is 11.6. The number of piperazine rings is 1. The molecule has 218 valence electrons. The number of carbonyl (C=O) groups is 1. The molecule has 0 spiro atoms. The van der Waals surface area contributed by atoms with E-state index in [9.17, 15) is 9.90 Å². The summed E-state index contributed by atoms with van der Waals surface area (Å²) in [6, 6.07) is 20.3. The molecule has 0 unspecified atom stereocenters. The van der Waals surface area contributed by atoms with Gasteiger partial charge in [0.15, 0.2) is 0 Å². The van der Waals surface area contributed by atoms with E-state index in [1.54, 1.807) is 13.8 Å². The predicted molar refractivity (Wildman–Crippen MR) is 167 cm³/mol. The number of carboxylic acid groups (broad SMARTS) is 1. The summed E-state index contributed by atoms with van der Waals surface area (Å²) in [7, 11) is 2.17. The van der Waals surface area contributed by atoms with Gasteiger partial charge in [0.25, 0.3) is 0 Å². The van der Waals surface area contributed by atoms with Gasteiger partial charge in [-0.1, -0.05) is 12.1 Å². The Hall–Kier alpha value is -4.37. The molecule has 0 radical (unpaired) electrons. The molecule has 6 rings (SSSR count). The van der Waals surface area contributed by atoms with Crippen molar-refractivity contribution in [2.24, 2.45) is 5.41 Å². The van der Waals surface area contributed by atoms with Gasteiger partial charge in [0.2, 0.25) is 0 Å². The van der Waals surface area contributed by atoms with Gasteiger partial charge in [0.05, 0.1) is 27.5 Å². The van der Waals surface area contributed by atoms with Crippen LogP contribution in [0.2, 0.25) is 0 Å². The first-order valence-electron chi connectivity index (χ1n) is 14.4. The van der Waals surface area contributed by atoms with Gasteiger partial charge >= 0.3 is 5.97 Å². The van der Waals surface area contributed by atoms with Gasteiger partial charge in [0.1, 0.15) is 23.0 Å². The Labute approximate surface area is 245 Å². The third-order valence-corrected chi connectivity index (χ3v) is 8.04. The number of H-pyrrole nitrogens is 2. The molecule has 9 nitrogen and oxygen atoms in total. The number of nitrogens with one attached hydrogen (secondary N) is 2.